The first-order valence-corrected chi connectivity index (χ1v) is 7.25. The highest BCUT2D eigenvalue weighted by molar-refractivity contribution is 6.30. The molecule has 0 unspecified atom stereocenters. The van der Waals surface area contributed by atoms with Crippen LogP contribution in [0.25, 0.3) is 0 Å². The van der Waals surface area contributed by atoms with E-state index in [1.165, 1.54) is 11.1 Å². The third kappa shape index (κ3) is 1.70. The van der Waals surface area contributed by atoms with Crippen LogP contribution in [-0.2, 0) is 0 Å². The topological polar surface area (TPSA) is 33.5 Å². The molecule has 1 fully saturated rings. The lowest BCUT2D eigenvalue weighted by molar-refractivity contribution is 0.0588. The summed E-state index contributed by atoms with van der Waals surface area (Å²) in [6, 6.07) is 9.68. The fraction of sp³-hybridized carbons (Fsp3) is 0.312. The minimum atomic E-state index is -0.0127. The number of hydrogen-bond donors (Lipinski definition) is 0. The van der Waals surface area contributed by atoms with Crippen molar-refractivity contribution in [1.82, 2.24) is 4.90 Å². The lowest BCUT2D eigenvalue weighted by atomic mass is 9.95. The zero-order valence-electron chi connectivity index (χ0n) is 10.9. The molecule has 20 heavy (non-hydrogen) atoms. The largest absolute Gasteiger partial charge is 0.459 e. The number of hydrogen-bond acceptors (Lipinski definition) is 2. The van der Waals surface area contributed by atoms with Crippen molar-refractivity contribution in [2.75, 3.05) is 6.54 Å². The van der Waals surface area contributed by atoms with Gasteiger partial charge in [-0.3, -0.25) is 4.79 Å². The van der Waals surface area contributed by atoms with Crippen LogP contribution in [0.5, 0.6) is 0 Å². The van der Waals surface area contributed by atoms with Gasteiger partial charge in [-0.05, 0) is 54.2 Å². The van der Waals surface area contributed by atoms with Gasteiger partial charge in [0.25, 0.3) is 5.91 Å². The van der Waals surface area contributed by atoms with Crippen LogP contribution < -0.4 is 0 Å². The third-order valence-electron chi connectivity index (χ3n) is 4.44. The summed E-state index contributed by atoms with van der Waals surface area (Å²) in [6.45, 7) is 0.779. The molecule has 1 amide bonds. The standard InChI is InChI=1S/C16H14ClNO2/c17-11-3-4-12-13(9-11)10-5-6-18(14(12)8-10)16(19)15-2-1-7-20-15/h1-4,7,9-10,14H,5-6,8H2/t10-,14-/m1/s1. The summed E-state index contributed by atoms with van der Waals surface area (Å²) in [4.78, 5) is 14.5. The summed E-state index contributed by atoms with van der Waals surface area (Å²) < 4.78 is 5.25. The molecule has 0 N–H and O–H groups in total. The Hall–Kier alpha value is -1.74. The monoisotopic (exact) mass is 287 g/mol. The van der Waals surface area contributed by atoms with Gasteiger partial charge in [-0.25, -0.2) is 0 Å². The van der Waals surface area contributed by atoms with Crippen molar-refractivity contribution < 1.29 is 9.21 Å². The molecule has 1 saturated heterocycles. The maximum absolute atomic E-state index is 12.5. The van der Waals surface area contributed by atoms with Crippen molar-refractivity contribution in [3.63, 3.8) is 0 Å². The zero-order chi connectivity index (χ0) is 13.7. The Labute approximate surface area is 122 Å². The molecular formula is C16H14ClNO2. The van der Waals surface area contributed by atoms with Gasteiger partial charge in [-0.2, -0.15) is 0 Å². The molecule has 1 aromatic carbocycles. The number of benzene rings is 1. The molecule has 2 heterocycles. The number of nitrogens with zero attached hydrogens (tertiary/aromatic N) is 1. The Bertz CT molecular complexity index is 665. The maximum atomic E-state index is 12.5. The number of carbonyl (C=O) groups excluding carboxylic acids is 1. The summed E-state index contributed by atoms with van der Waals surface area (Å²) in [5.41, 5.74) is 2.56. The highest BCUT2D eigenvalue weighted by Gasteiger charge is 2.41. The smallest absolute Gasteiger partial charge is 0.290 e. The van der Waals surface area contributed by atoms with Gasteiger partial charge in [-0.1, -0.05) is 17.7 Å². The number of fused-ring (bicyclic) bond motifs is 5. The SMILES string of the molecule is O=C(c1ccco1)N1CC[C@@H]2C[C@@H]1c1ccc(Cl)cc12. The second-order valence-corrected chi connectivity index (χ2v) is 5.92. The van der Waals surface area contributed by atoms with Gasteiger partial charge in [0.05, 0.1) is 12.3 Å². The average molecular weight is 288 g/mol. The van der Waals surface area contributed by atoms with E-state index in [4.69, 9.17) is 16.0 Å². The van der Waals surface area contributed by atoms with Gasteiger partial charge >= 0.3 is 0 Å². The van der Waals surface area contributed by atoms with Crippen molar-refractivity contribution in [3.05, 3.63) is 58.5 Å². The third-order valence-corrected chi connectivity index (χ3v) is 4.68. The Balaban J connectivity index is 1.72. The van der Waals surface area contributed by atoms with E-state index in [0.29, 0.717) is 11.7 Å². The van der Waals surface area contributed by atoms with Gasteiger partial charge in [0.1, 0.15) is 0 Å². The Kier molecular flexibility index (Phi) is 2.64. The van der Waals surface area contributed by atoms with Gasteiger partial charge in [-0.15, -0.1) is 0 Å². The predicted octanol–water partition coefficient (Wildman–Crippen LogP) is 4.01. The van der Waals surface area contributed by atoms with Crippen molar-refractivity contribution >= 4 is 17.5 Å². The second kappa shape index (κ2) is 4.38. The summed E-state index contributed by atoms with van der Waals surface area (Å²) >= 11 is 6.10. The maximum Gasteiger partial charge on any atom is 0.290 e. The number of furan rings is 1. The fourth-order valence-electron chi connectivity index (χ4n) is 3.53. The lowest BCUT2D eigenvalue weighted by Gasteiger charge is -2.33. The highest BCUT2D eigenvalue weighted by Crippen LogP contribution is 2.49. The van der Waals surface area contributed by atoms with Crippen molar-refractivity contribution in [3.8, 4) is 0 Å². The quantitative estimate of drug-likeness (QED) is 0.794. The van der Waals surface area contributed by atoms with E-state index in [-0.39, 0.29) is 11.9 Å². The first-order valence-electron chi connectivity index (χ1n) is 6.88. The number of carbonyl (C=O) groups is 1. The molecule has 3 nitrogen and oxygen atoms in total. The lowest BCUT2D eigenvalue weighted by Crippen LogP contribution is -2.37. The molecule has 2 aromatic rings. The summed E-state index contributed by atoms with van der Waals surface area (Å²) in [7, 11) is 0. The van der Waals surface area contributed by atoms with Crippen LogP contribution in [0.1, 0.15) is 46.5 Å². The van der Waals surface area contributed by atoms with Crippen LogP contribution in [0.15, 0.2) is 41.0 Å². The average Bonchev–Trinajstić information content (AvgIpc) is 3.07. The highest BCUT2D eigenvalue weighted by atomic mass is 35.5. The van der Waals surface area contributed by atoms with Crippen LogP contribution in [0.2, 0.25) is 5.02 Å². The fourth-order valence-corrected chi connectivity index (χ4v) is 3.71. The van der Waals surface area contributed by atoms with E-state index in [1.807, 2.05) is 11.0 Å². The van der Waals surface area contributed by atoms with Gasteiger partial charge in [0.2, 0.25) is 0 Å². The molecular weight excluding hydrogens is 274 g/mol. The van der Waals surface area contributed by atoms with Gasteiger partial charge in [0.15, 0.2) is 5.76 Å². The first-order chi connectivity index (χ1) is 9.74. The molecule has 0 radical (unpaired) electrons. The molecule has 4 rings (SSSR count). The molecule has 1 aliphatic carbocycles. The van der Waals surface area contributed by atoms with E-state index in [9.17, 15) is 4.79 Å². The number of piperidine rings is 1. The molecule has 0 spiro atoms. The van der Waals surface area contributed by atoms with Gasteiger partial charge in [0, 0.05) is 11.6 Å². The Morgan fingerprint density at radius 1 is 1.30 bits per heavy atom. The molecule has 102 valence electrons. The predicted molar refractivity (Wildman–Crippen MR) is 75.9 cm³/mol. The van der Waals surface area contributed by atoms with Gasteiger partial charge < -0.3 is 9.32 Å². The van der Waals surface area contributed by atoms with Crippen LogP contribution >= 0.6 is 11.6 Å². The van der Waals surface area contributed by atoms with Crippen LogP contribution in [0, 0.1) is 0 Å². The minimum Gasteiger partial charge on any atom is -0.459 e. The van der Waals surface area contributed by atoms with E-state index in [0.717, 1.165) is 24.4 Å². The van der Waals surface area contributed by atoms with Crippen LogP contribution in [0.4, 0.5) is 0 Å². The Morgan fingerprint density at radius 2 is 2.20 bits per heavy atom. The van der Waals surface area contributed by atoms with E-state index < -0.39 is 0 Å². The molecule has 2 atom stereocenters. The Morgan fingerprint density at radius 3 is 3.00 bits per heavy atom. The van der Waals surface area contributed by atoms with Crippen molar-refractivity contribution in [1.29, 1.82) is 0 Å². The normalized spacial score (nSPS) is 23.8. The van der Waals surface area contributed by atoms with Crippen LogP contribution in [0.3, 0.4) is 0 Å². The number of rotatable bonds is 1. The van der Waals surface area contributed by atoms with Crippen LogP contribution in [-0.4, -0.2) is 17.4 Å². The van der Waals surface area contributed by atoms with E-state index in [2.05, 4.69) is 12.1 Å². The van der Waals surface area contributed by atoms with E-state index >= 15 is 0 Å². The first kappa shape index (κ1) is 12.0. The molecule has 1 aliphatic heterocycles. The van der Waals surface area contributed by atoms with E-state index in [1.54, 1.807) is 18.4 Å². The number of likely N-dealkylation sites (tertiary alicyclic amines) is 1. The molecule has 2 aliphatic rings. The molecule has 4 heteroatoms. The minimum absolute atomic E-state index is 0.0127. The second-order valence-electron chi connectivity index (χ2n) is 5.49. The van der Waals surface area contributed by atoms with Crippen molar-refractivity contribution in [2.24, 2.45) is 0 Å². The molecule has 1 aromatic heterocycles. The summed E-state index contributed by atoms with van der Waals surface area (Å²) in [5, 5.41) is 0.778. The van der Waals surface area contributed by atoms with Crippen molar-refractivity contribution in [2.45, 2.75) is 24.8 Å². The number of amides is 1. The summed E-state index contributed by atoms with van der Waals surface area (Å²) in [6.07, 6.45) is 3.54. The summed E-state index contributed by atoms with van der Waals surface area (Å²) in [5.74, 6) is 0.946. The zero-order valence-corrected chi connectivity index (χ0v) is 11.6. The molecule has 2 bridgehead atoms. The molecule has 0 saturated carbocycles. The number of halogens is 1.